The fraction of sp³-hybridized carbons (Fsp3) is 0.333. The molecule has 1 aliphatic rings. The average molecular weight is 349 g/mol. The van der Waals surface area contributed by atoms with Gasteiger partial charge in [-0.2, -0.15) is 0 Å². The maximum atomic E-state index is 13.7. The number of hydrogen-bond acceptors (Lipinski definition) is 4. The number of halogens is 5. The number of alkyl halides is 1. The fourth-order valence-electron chi connectivity index (χ4n) is 1.84. The molecule has 1 fully saturated rings. The van der Waals surface area contributed by atoms with Crippen LogP contribution in [0.2, 0.25) is 0 Å². The first kappa shape index (κ1) is 17.9. The molecule has 0 aromatic heterocycles. The van der Waals surface area contributed by atoms with Crippen molar-refractivity contribution in [3.63, 3.8) is 0 Å². The van der Waals surface area contributed by atoms with Crippen LogP contribution in [0.15, 0.2) is 17.8 Å². The van der Waals surface area contributed by atoms with E-state index >= 15 is 0 Å². The third-order valence-corrected chi connectivity index (χ3v) is 3.24. The van der Waals surface area contributed by atoms with E-state index in [1.165, 1.54) is 6.92 Å². The lowest BCUT2D eigenvalue weighted by atomic mass is 10.0. The van der Waals surface area contributed by atoms with Gasteiger partial charge in [0.2, 0.25) is 5.78 Å². The minimum absolute atomic E-state index is 0.132. The van der Waals surface area contributed by atoms with Gasteiger partial charge in [-0.3, -0.25) is 4.79 Å². The predicted octanol–water partition coefficient (Wildman–Crippen LogP) is 2.57. The van der Waals surface area contributed by atoms with Gasteiger partial charge in [0.25, 0.3) is 0 Å². The molecule has 1 aliphatic carbocycles. The Kier molecular flexibility index (Phi) is 5.20. The Labute approximate surface area is 133 Å². The van der Waals surface area contributed by atoms with E-state index in [4.69, 9.17) is 0 Å². The van der Waals surface area contributed by atoms with Gasteiger partial charge in [0.1, 0.15) is 11.7 Å². The van der Waals surface area contributed by atoms with Crippen LogP contribution in [0.25, 0.3) is 0 Å². The van der Waals surface area contributed by atoms with E-state index in [1.54, 1.807) is 0 Å². The lowest BCUT2D eigenvalue weighted by Crippen LogP contribution is -2.22. The highest BCUT2D eigenvalue weighted by atomic mass is 19.2. The van der Waals surface area contributed by atoms with Crippen molar-refractivity contribution in [2.45, 2.75) is 25.6 Å². The molecule has 1 N–H and O–H groups in total. The van der Waals surface area contributed by atoms with Crippen molar-refractivity contribution < 1.29 is 36.3 Å². The zero-order chi connectivity index (χ0) is 18.0. The zero-order valence-electron chi connectivity index (χ0n) is 12.3. The molecule has 2 unspecified atom stereocenters. The topological polar surface area (TPSA) is 55.4 Å². The Morgan fingerprint density at radius 2 is 1.88 bits per heavy atom. The number of esters is 1. The van der Waals surface area contributed by atoms with Crippen LogP contribution in [0.1, 0.15) is 23.7 Å². The number of ketones is 1. The van der Waals surface area contributed by atoms with Crippen LogP contribution in [0.3, 0.4) is 0 Å². The van der Waals surface area contributed by atoms with Crippen molar-refractivity contribution in [2.75, 3.05) is 6.61 Å². The van der Waals surface area contributed by atoms with Gasteiger partial charge in [-0.05, 0) is 13.0 Å². The van der Waals surface area contributed by atoms with E-state index < -0.39 is 58.4 Å². The SMILES string of the molecule is CCOC(=O)C(=CNC1CC1F)C(=O)c1cc(F)c(F)c(F)c1F. The third-order valence-electron chi connectivity index (χ3n) is 3.24. The molecule has 0 bridgehead atoms. The molecule has 130 valence electrons. The molecule has 2 atom stereocenters. The largest absolute Gasteiger partial charge is 0.462 e. The second-order valence-corrected chi connectivity index (χ2v) is 4.98. The molecule has 1 aromatic rings. The number of carbonyl (C=O) groups is 2. The van der Waals surface area contributed by atoms with Gasteiger partial charge in [-0.15, -0.1) is 0 Å². The van der Waals surface area contributed by atoms with Gasteiger partial charge in [0.05, 0.1) is 18.2 Å². The number of rotatable bonds is 6. The summed E-state index contributed by atoms with van der Waals surface area (Å²) in [5, 5.41) is 2.41. The molecule has 1 aromatic carbocycles. The Balaban J connectivity index is 2.39. The highest BCUT2D eigenvalue weighted by molar-refractivity contribution is 6.24. The normalized spacial score (nSPS) is 19.8. The van der Waals surface area contributed by atoms with Crippen molar-refractivity contribution in [2.24, 2.45) is 0 Å². The molecular formula is C15H12F5NO3. The Morgan fingerprint density at radius 1 is 1.25 bits per heavy atom. The summed E-state index contributed by atoms with van der Waals surface area (Å²) in [6, 6.07) is -0.494. The maximum absolute atomic E-state index is 13.7. The smallest absolute Gasteiger partial charge is 0.343 e. The molecule has 0 radical (unpaired) electrons. The molecule has 0 amide bonds. The summed E-state index contributed by atoms with van der Waals surface area (Å²) in [7, 11) is 0. The quantitative estimate of drug-likeness (QED) is 0.125. The summed E-state index contributed by atoms with van der Waals surface area (Å²) in [5.41, 5.74) is -1.97. The van der Waals surface area contributed by atoms with Gasteiger partial charge in [0, 0.05) is 12.6 Å². The minimum atomic E-state index is -2.18. The van der Waals surface area contributed by atoms with Crippen molar-refractivity contribution in [1.29, 1.82) is 0 Å². The Hall–Kier alpha value is -2.45. The molecule has 9 heteroatoms. The molecule has 0 heterocycles. The molecule has 0 aliphatic heterocycles. The van der Waals surface area contributed by atoms with Crippen LogP contribution in [0.4, 0.5) is 22.0 Å². The van der Waals surface area contributed by atoms with Crippen LogP contribution in [0, 0.1) is 23.3 Å². The van der Waals surface area contributed by atoms with Crippen molar-refractivity contribution in [3.05, 3.63) is 46.7 Å². The Morgan fingerprint density at radius 3 is 2.42 bits per heavy atom. The highest BCUT2D eigenvalue weighted by Crippen LogP contribution is 2.26. The van der Waals surface area contributed by atoms with E-state index in [0.29, 0.717) is 0 Å². The number of carbonyl (C=O) groups excluding carboxylic acids is 2. The first-order valence-corrected chi connectivity index (χ1v) is 6.93. The fourth-order valence-corrected chi connectivity index (χ4v) is 1.84. The van der Waals surface area contributed by atoms with Gasteiger partial charge in [-0.25, -0.2) is 26.7 Å². The average Bonchev–Trinajstić information content (AvgIpc) is 3.24. The minimum Gasteiger partial charge on any atom is -0.462 e. The Bertz CT molecular complexity index is 720. The maximum Gasteiger partial charge on any atom is 0.343 e. The molecule has 2 rings (SSSR count). The lowest BCUT2D eigenvalue weighted by molar-refractivity contribution is -0.138. The van der Waals surface area contributed by atoms with Crippen LogP contribution in [-0.2, 0) is 9.53 Å². The zero-order valence-corrected chi connectivity index (χ0v) is 12.3. The van der Waals surface area contributed by atoms with E-state index in [-0.39, 0.29) is 19.1 Å². The van der Waals surface area contributed by atoms with Gasteiger partial charge < -0.3 is 10.1 Å². The van der Waals surface area contributed by atoms with Gasteiger partial charge in [-0.1, -0.05) is 0 Å². The highest BCUT2D eigenvalue weighted by Gasteiger charge is 2.37. The van der Waals surface area contributed by atoms with Crippen molar-refractivity contribution >= 4 is 11.8 Å². The number of Topliss-reactive ketones (excluding diaryl/α,β-unsaturated/α-hetero) is 1. The van der Waals surface area contributed by atoms with Crippen LogP contribution >= 0.6 is 0 Å². The molecule has 1 saturated carbocycles. The second-order valence-electron chi connectivity index (χ2n) is 4.98. The summed E-state index contributed by atoms with van der Waals surface area (Å²) in [6.07, 6.45) is -0.227. The van der Waals surface area contributed by atoms with Gasteiger partial charge >= 0.3 is 5.97 Å². The predicted molar refractivity (Wildman–Crippen MR) is 71.8 cm³/mol. The van der Waals surface area contributed by atoms with E-state index in [1.807, 2.05) is 0 Å². The number of ether oxygens (including phenoxy) is 1. The summed E-state index contributed by atoms with van der Waals surface area (Å²) >= 11 is 0. The second kappa shape index (κ2) is 6.98. The summed E-state index contributed by atoms with van der Waals surface area (Å²) in [5.74, 6) is -10.6. The molecule has 0 saturated heterocycles. The first-order chi connectivity index (χ1) is 11.3. The lowest BCUT2D eigenvalue weighted by Gasteiger charge is -2.09. The first-order valence-electron chi connectivity index (χ1n) is 6.93. The van der Waals surface area contributed by atoms with Crippen molar-refractivity contribution in [1.82, 2.24) is 5.32 Å². The van der Waals surface area contributed by atoms with Crippen LogP contribution in [-0.4, -0.2) is 30.6 Å². The monoisotopic (exact) mass is 349 g/mol. The van der Waals surface area contributed by atoms with E-state index in [2.05, 4.69) is 10.1 Å². The summed E-state index contributed by atoms with van der Waals surface area (Å²) in [4.78, 5) is 24.0. The molecular weight excluding hydrogens is 337 g/mol. The van der Waals surface area contributed by atoms with E-state index in [9.17, 15) is 31.5 Å². The number of benzene rings is 1. The number of nitrogens with one attached hydrogen (secondary N) is 1. The summed E-state index contributed by atoms with van der Waals surface area (Å²) < 4.78 is 70.6. The molecule has 24 heavy (non-hydrogen) atoms. The van der Waals surface area contributed by atoms with Crippen molar-refractivity contribution in [3.8, 4) is 0 Å². The third kappa shape index (κ3) is 3.55. The van der Waals surface area contributed by atoms with Gasteiger partial charge in [0.15, 0.2) is 23.3 Å². The number of hydrogen-bond donors (Lipinski definition) is 1. The molecule has 0 spiro atoms. The molecule has 4 nitrogen and oxygen atoms in total. The van der Waals surface area contributed by atoms with Crippen LogP contribution < -0.4 is 5.32 Å². The standard InChI is InChI=1S/C15H12F5NO3/c1-2-24-15(23)7(5-21-10-4-8(10)16)14(22)6-3-9(17)12(19)13(20)11(6)18/h3,5,8,10,21H,2,4H2,1H3. The van der Waals surface area contributed by atoms with E-state index in [0.717, 1.165) is 6.20 Å². The summed E-state index contributed by atoms with van der Waals surface area (Å²) in [6.45, 7) is 1.30. The van der Waals surface area contributed by atoms with Crippen LogP contribution in [0.5, 0.6) is 0 Å².